The van der Waals surface area contributed by atoms with E-state index in [-0.39, 0.29) is 18.4 Å². The average molecular weight is 400 g/mol. The molecule has 6 nitrogen and oxygen atoms in total. The Bertz CT molecular complexity index is 1210. The fourth-order valence-electron chi connectivity index (χ4n) is 4.85. The van der Waals surface area contributed by atoms with Crippen LogP contribution in [-0.4, -0.2) is 45.5 Å². The fraction of sp³-hybridized carbons (Fsp3) is 0.292. The summed E-state index contributed by atoms with van der Waals surface area (Å²) in [6.07, 6.45) is 2.14. The lowest BCUT2D eigenvalue weighted by Gasteiger charge is -2.50. The smallest absolute Gasteiger partial charge is 0.266 e. The molecular weight excluding hydrogens is 376 g/mol. The molecule has 2 aromatic carbocycles. The molecule has 3 aromatic rings. The highest BCUT2D eigenvalue weighted by molar-refractivity contribution is 5.98. The fourth-order valence-corrected chi connectivity index (χ4v) is 4.85. The topological polar surface area (TPSA) is 68.8 Å². The minimum atomic E-state index is -0.601. The highest BCUT2D eigenvalue weighted by Crippen LogP contribution is 2.42. The maximum absolute atomic E-state index is 13.4. The van der Waals surface area contributed by atoms with Crippen LogP contribution >= 0.6 is 0 Å². The van der Waals surface area contributed by atoms with Crippen LogP contribution in [0.2, 0.25) is 0 Å². The number of hydrogen-bond donors (Lipinski definition) is 1. The Kier molecular flexibility index (Phi) is 4.07. The lowest BCUT2D eigenvalue weighted by molar-refractivity contribution is -0.163. The van der Waals surface area contributed by atoms with Crippen molar-refractivity contribution < 1.29 is 9.59 Å². The van der Waals surface area contributed by atoms with Crippen molar-refractivity contribution in [1.82, 2.24) is 14.9 Å². The molecule has 0 bridgehead atoms. The van der Waals surface area contributed by atoms with E-state index in [1.807, 2.05) is 63.2 Å². The van der Waals surface area contributed by atoms with E-state index >= 15 is 0 Å². The third-order valence-corrected chi connectivity index (χ3v) is 6.22. The number of aryl methyl sites for hydroxylation is 1. The number of carbonyl (C=O) groups excluding carboxylic acids is 2. The number of nitrogens with zero attached hydrogens (tertiary/aromatic N) is 3. The largest absolute Gasteiger partial charge is 0.356 e. The molecule has 1 atom stereocenters. The summed E-state index contributed by atoms with van der Waals surface area (Å²) in [5, 5.41) is 6.81. The number of fused-ring (bicyclic) bond motifs is 4. The zero-order valence-corrected chi connectivity index (χ0v) is 17.3. The number of piperazine rings is 1. The maximum Gasteiger partial charge on any atom is 0.266 e. The SMILES string of the molecule is Cc1cccc(C=NN2CC(=O)N3[C@@H](Cc4c([nH]c5ccccc45)C3(C)C)C2=O)c1. The van der Waals surface area contributed by atoms with Gasteiger partial charge < -0.3 is 9.88 Å². The Hall–Kier alpha value is -3.41. The predicted octanol–water partition coefficient (Wildman–Crippen LogP) is 3.34. The number of hydrogen-bond acceptors (Lipinski definition) is 3. The summed E-state index contributed by atoms with van der Waals surface area (Å²) in [7, 11) is 0. The van der Waals surface area contributed by atoms with Crippen LogP contribution < -0.4 is 0 Å². The first-order valence-corrected chi connectivity index (χ1v) is 10.2. The van der Waals surface area contributed by atoms with Crippen molar-refractivity contribution in [3.8, 4) is 0 Å². The Labute approximate surface area is 175 Å². The number of amides is 2. The standard InChI is InChI=1S/C24H24N4O2/c1-15-7-6-8-16(11-15)13-25-27-14-21(29)28-20(23(27)30)12-18-17-9-4-5-10-19(17)26-22(18)24(28,2)3/h4-11,13,20,26H,12,14H2,1-3H3/t20-/m0/s1. The highest BCUT2D eigenvalue weighted by atomic mass is 16.2. The summed E-state index contributed by atoms with van der Waals surface area (Å²) < 4.78 is 0. The number of carbonyl (C=O) groups is 2. The van der Waals surface area contributed by atoms with E-state index in [1.165, 1.54) is 5.01 Å². The number of nitrogens with one attached hydrogen (secondary N) is 1. The van der Waals surface area contributed by atoms with E-state index in [0.29, 0.717) is 6.42 Å². The summed E-state index contributed by atoms with van der Waals surface area (Å²) in [6, 6.07) is 15.4. The van der Waals surface area contributed by atoms with Crippen LogP contribution in [0, 0.1) is 6.92 Å². The molecule has 2 amide bonds. The molecule has 0 spiro atoms. The highest BCUT2D eigenvalue weighted by Gasteiger charge is 2.51. The molecule has 1 N–H and O–H groups in total. The van der Waals surface area contributed by atoms with Crippen LogP contribution in [-0.2, 0) is 21.5 Å². The number of H-pyrrole nitrogens is 1. The maximum atomic E-state index is 13.4. The van der Waals surface area contributed by atoms with Gasteiger partial charge in [-0.25, -0.2) is 5.01 Å². The summed E-state index contributed by atoms with van der Waals surface area (Å²) in [4.78, 5) is 31.7. The van der Waals surface area contributed by atoms with Crippen LogP contribution in [0.5, 0.6) is 0 Å². The van der Waals surface area contributed by atoms with Gasteiger partial charge in [-0.15, -0.1) is 0 Å². The lowest BCUT2D eigenvalue weighted by atomic mass is 9.82. The van der Waals surface area contributed by atoms with Crippen LogP contribution in [0.4, 0.5) is 0 Å². The molecule has 30 heavy (non-hydrogen) atoms. The van der Waals surface area contributed by atoms with Crippen molar-refractivity contribution in [2.24, 2.45) is 5.10 Å². The molecular formula is C24H24N4O2. The van der Waals surface area contributed by atoms with Crippen molar-refractivity contribution in [2.75, 3.05) is 6.54 Å². The first kappa shape index (κ1) is 18.6. The summed E-state index contributed by atoms with van der Waals surface area (Å²) >= 11 is 0. The van der Waals surface area contributed by atoms with Crippen LogP contribution in [0.3, 0.4) is 0 Å². The number of aromatic nitrogens is 1. The van der Waals surface area contributed by atoms with Gasteiger partial charge in [0, 0.05) is 23.0 Å². The Balaban J connectivity index is 1.52. The van der Waals surface area contributed by atoms with Crippen LogP contribution in [0.25, 0.3) is 10.9 Å². The third kappa shape index (κ3) is 2.75. The Morgan fingerprint density at radius 1 is 1.13 bits per heavy atom. The van der Waals surface area contributed by atoms with Crippen LogP contribution in [0.1, 0.15) is 36.2 Å². The molecule has 3 heterocycles. The molecule has 6 heteroatoms. The predicted molar refractivity (Wildman–Crippen MR) is 116 cm³/mol. The quantitative estimate of drug-likeness (QED) is 0.671. The van der Waals surface area contributed by atoms with E-state index in [2.05, 4.69) is 16.2 Å². The van der Waals surface area contributed by atoms with Crippen molar-refractivity contribution in [1.29, 1.82) is 0 Å². The normalized spacial score (nSPS) is 20.7. The van der Waals surface area contributed by atoms with Crippen molar-refractivity contribution in [3.63, 3.8) is 0 Å². The second kappa shape index (κ2) is 6.55. The van der Waals surface area contributed by atoms with Gasteiger partial charge in [0.05, 0.1) is 11.8 Å². The van der Waals surface area contributed by atoms with Crippen molar-refractivity contribution >= 4 is 28.9 Å². The van der Waals surface area contributed by atoms with Gasteiger partial charge in [-0.1, -0.05) is 48.0 Å². The molecule has 152 valence electrons. The van der Waals surface area contributed by atoms with Crippen molar-refractivity contribution in [2.45, 2.75) is 38.8 Å². The molecule has 0 unspecified atom stereocenters. The molecule has 1 fully saturated rings. The molecule has 2 aliphatic heterocycles. The summed E-state index contributed by atoms with van der Waals surface area (Å²) in [5.41, 5.74) is 4.58. The van der Waals surface area contributed by atoms with Gasteiger partial charge in [-0.3, -0.25) is 9.59 Å². The van der Waals surface area contributed by atoms with Gasteiger partial charge in [-0.05, 0) is 38.0 Å². The summed E-state index contributed by atoms with van der Waals surface area (Å²) in [5.74, 6) is -0.224. The van der Waals surface area contributed by atoms with Gasteiger partial charge in [0.25, 0.3) is 5.91 Å². The van der Waals surface area contributed by atoms with Crippen molar-refractivity contribution in [3.05, 3.63) is 70.9 Å². The number of para-hydroxylation sites is 1. The molecule has 2 aliphatic rings. The number of rotatable bonds is 2. The number of hydrazone groups is 1. The van der Waals surface area contributed by atoms with E-state index in [0.717, 1.165) is 33.3 Å². The van der Waals surface area contributed by atoms with E-state index in [4.69, 9.17) is 0 Å². The van der Waals surface area contributed by atoms with Gasteiger partial charge in [0.1, 0.15) is 12.6 Å². The molecule has 0 saturated carbocycles. The first-order valence-electron chi connectivity index (χ1n) is 10.2. The number of benzene rings is 2. The average Bonchev–Trinajstić information content (AvgIpc) is 3.09. The minimum Gasteiger partial charge on any atom is -0.356 e. The molecule has 5 rings (SSSR count). The zero-order chi connectivity index (χ0) is 21.0. The molecule has 1 aromatic heterocycles. The van der Waals surface area contributed by atoms with Gasteiger partial charge in [0.2, 0.25) is 5.91 Å². The van der Waals surface area contributed by atoms with Gasteiger partial charge >= 0.3 is 0 Å². The first-order chi connectivity index (χ1) is 14.4. The van der Waals surface area contributed by atoms with E-state index in [1.54, 1.807) is 11.1 Å². The molecule has 1 saturated heterocycles. The van der Waals surface area contributed by atoms with Gasteiger partial charge in [0.15, 0.2) is 0 Å². The van der Waals surface area contributed by atoms with E-state index in [9.17, 15) is 9.59 Å². The van der Waals surface area contributed by atoms with Gasteiger partial charge in [-0.2, -0.15) is 5.10 Å². The monoisotopic (exact) mass is 400 g/mol. The van der Waals surface area contributed by atoms with Crippen LogP contribution in [0.15, 0.2) is 53.6 Å². The summed E-state index contributed by atoms with van der Waals surface area (Å²) in [6.45, 7) is 5.97. The Morgan fingerprint density at radius 2 is 1.93 bits per heavy atom. The minimum absolute atomic E-state index is 0.0450. The van der Waals surface area contributed by atoms with E-state index < -0.39 is 11.6 Å². The second-order valence-corrected chi connectivity index (χ2v) is 8.62. The zero-order valence-electron chi connectivity index (χ0n) is 17.3. The molecule has 0 aliphatic carbocycles. The number of aromatic amines is 1. The molecule has 0 radical (unpaired) electrons. The second-order valence-electron chi connectivity index (χ2n) is 8.62. The lowest BCUT2D eigenvalue weighted by Crippen LogP contribution is -2.66. The Morgan fingerprint density at radius 3 is 2.73 bits per heavy atom. The third-order valence-electron chi connectivity index (χ3n) is 6.22.